The number of aliphatic hydroxyl groups is 1. The molecule has 0 bridgehead atoms. The SMILES string of the molecule is CC(C)[C@H]1CC[C@]2(C)CC=C3[C@]4(C)CC[C@@H]5C(C)(C)[C@@H](O)CC[C@]5(C)[C@@H]4CC[C@@]3(C)[C@H]12. The molecule has 0 aliphatic heterocycles. The molecule has 1 N–H and O–H groups in total. The first-order chi connectivity index (χ1) is 14.3. The van der Waals surface area contributed by atoms with E-state index in [0.717, 1.165) is 30.1 Å². The number of fused-ring (bicyclic) bond motifs is 7. The van der Waals surface area contributed by atoms with E-state index in [2.05, 4.69) is 61.5 Å². The largest absolute Gasteiger partial charge is 0.393 e. The third-order valence-electron chi connectivity index (χ3n) is 12.8. The summed E-state index contributed by atoms with van der Waals surface area (Å²) in [5, 5.41) is 10.9. The molecular formula is C30H50O. The summed E-state index contributed by atoms with van der Waals surface area (Å²) in [5.74, 6) is 4.02. The van der Waals surface area contributed by atoms with Crippen molar-refractivity contribution in [3.63, 3.8) is 0 Å². The van der Waals surface area contributed by atoms with Crippen LogP contribution in [0.15, 0.2) is 11.6 Å². The standard InChI is InChI=1S/C30H50O/c1-19(2)20-9-14-27(5)15-10-23-29(7)16-11-21-26(3,4)24(31)13-18-28(21,6)22(29)12-17-30(23,8)25(20)27/h10,19-22,24-25,31H,9,11-18H2,1-8H3/t20-,21-,22+,24+,25-,27-,28+,29-,30-/m1/s1. The van der Waals surface area contributed by atoms with Crippen LogP contribution in [0.3, 0.4) is 0 Å². The molecule has 31 heavy (non-hydrogen) atoms. The summed E-state index contributed by atoms with van der Waals surface area (Å²) >= 11 is 0. The van der Waals surface area contributed by atoms with E-state index in [0.29, 0.717) is 27.6 Å². The minimum absolute atomic E-state index is 0.0583. The fourth-order valence-corrected chi connectivity index (χ4v) is 11.4. The van der Waals surface area contributed by atoms with Crippen LogP contribution in [-0.4, -0.2) is 11.2 Å². The van der Waals surface area contributed by atoms with Gasteiger partial charge in [0.15, 0.2) is 0 Å². The lowest BCUT2D eigenvalue weighted by molar-refractivity contribution is -0.181. The molecule has 0 amide bonds. The van der Waals surface area contributed by atoms with Gasteiger partial charge in [-0.3, -0.25) is 0 Å². The predicted octanol–water partition coefficient (Wildman–Crippen LogP) is 8.02. The highest BCUT2D eigenvalue weighted by molar-refractivity contribution is 5.35. The molecule has 1 nitrogen and oxygen atoms in total. The summed E-state index contributed by atoms with van der Waals surface area (Å²) in [6, 6.07) is 0. The maximum atomic E-state index is 10.9. The van der Waals surface area contributed by atoms with Crippen LogP contribution in [0.2, 0.25) is 0 Å². The molecule has 0 aromatic heterocycles. The Kier molecular flexibility index (Phi) is 4.82. The smallest absolute Gasteiger partial charge is 0.0594 e. The van der Waals surface area contributed by atoms with Crippen LogP contribution in [-0.2, 0) is 0 Å². The Labute approximate surface area is 192 Å². The van der Waals surface area contributed by atoms with E-state index >= 15 is 0 Å². The summed E-state index contributed by atoms with van der Waals surface area (Å²) in [6.07, 6.45) is 14.5. The third-order valence-corrected chi connectivity index (χ3v) is 12.8. The number of hydrogen-bond donors (Lipinski definition) is 1. The van der Waals surface area contributed by atoms with E-state index in [1.807, 2.05) is 5.57 Å². The topological polar surface area (TPSA) is 20.2 Å². The molecule has 0 aromatic rings. The van der Waals surface area contributed by atoms with Crippen molar-refractivity contribution in [1.82, 2.24) is 0 Å². The maximum Gasteiger partial charge on any atom is 0.0594 e. The highest BCUT2D eigenvalue weighted by atomic mass is 16.3. The molecule has 0 spiro atoms. The summed E-state index contributed by atoms with van der Waals surface area (Å²) in [5.41, 5.74) is 3.61. The molecule has 9 atom stereocenters. The quantitative estimate of drug-likeness (QED) is 0.421. The normalized spacial score (nSPS) is 55.7. The van der Waals surface area contributed by atoms with Crippen molar-refractivity contribution in [3.8, 4) is 0 Å². The number of allylic oxidation sites excluding steroid dienone is 2. The lowest BCUT2D eigenvalue weighted by Gasteiger charge is -2.69. The van der Waals surface area contributed by atoms with Crippen molar-refractivity contribution in [3.05, 3.63) is 11.6 Å². The maximum absolute atomic E-state index is 10.9. The first-order valence-corrected chi connectivity index (χ1v) is 13.7. The highest BCUT2D eigenvalue weighted by Crippen LogP contribution is 2.75. The Morgan fingerprint density at radius 2 is 1.45 bits per heavy atom. The molecule has 4 fully saturated rings. The molecule has 0 saturated heterocycles. The van der Waals surface area contributed by atoms with Crippen LogP contribution in [0.1, 0.15) is 113 Å². The fourth-order valence-electron chi connectivity index (χ4n) is 11.4. The van der Waals surface area contributed by atoms with Gasteiger partial charge in [-0.15, -0.1) is 0 Å². The Morgan fingerprint density at radius 3 is 2.13 bits per heavy atom. The van der Waals surface area contributed by atoms with Crippen molar-refractivity contribution in [2.24, 2.45) is 56.7 Å². The Morgan fingerprint density at radius 1 is 0.806 bits per heavy atom. The van der Waals surface area contributed by atoms with Crippen LogP contribution in [0.25, 0.3) is 0 Å². The summed E-state index contributed by atoms with van der Waals surface area (Å²) in [6.45, 7) is 20.4. The first kappa shape index (κ1) is 22.5. The van der Waals surface area contributed by atoms with Crippen LogP contribution in [0.4, 0.5) is 0 Å². The number of aliphatic hydroxyl groups excluding tert-OH is 1. The van der Waals surface area contributed by atoms with E-state index in [-0.39, 0.29) is 11.5 Å². The van der Waals surface area contributed by atoms with Gasteiger partial charge < -0.3 is 5.11 Å². The zero-order valence-electron chi connectivity index (χ0n) is 21.9. The highest BCUT2D eigenvalue weighted by Gasteiger charge is 2.67. The average Bonchev–Trinajstić information content (AvgIpc) is 3.03. The summed E-state index contributed by atoms with van der Waals surface area (Å²) in [7, 11) is 0. The van der Waals surface area contributed by atoms with E-state index in [4.69, 9.17) is 0 Å². The van der Waals surface area contributed by atoms with Gasteiger partial charge in [0.2, 0.25) is 0 Å². The van der Waals surface area contributed by atoms with E-state index in [1.165, 1.54) is 51.4 Å². The minimum Gasteiger partial charge on any atom is -0.393 e. The van der Waals surface area contributed by atoms with E-state index in [9.17, 15) is 5.11 Å². The van der Waals surface area contributed by atoms with Gasteiger partial charge in [0.05, 0.1) is 6.10 Å². The zero-order chi connectivity index (χ0) is 22.6. The van der Waals surface area contributed by atoms with Crippen molar-refractivity contribution in [2.75, 3.05) is 0 Å². The van der Waals surface area contributed by atoms with Gasteiger partial charge in [0.25, 0.3) is 0 Å². The molecule has 4 saturated carbocycles. The van der Waals surface area contributed by atoms with Crippen LogP contribution < -0.4 is 0 Å². The van der Waals surface area contributed by atoms with Crippen LogP contribution >= 0.6 is 0 Å². The minimum atomic E-state index is -0.122. The second-order valence-electron chi connectivity index (χ2n) is 14.8. The van der Waals surface area contributed by atoms with Gasteiger partial charge in [-0.1, -0.05) is 67.0 Å². The van der Waals surface area contributed by atoms with Crippen molar-refractivity contribution in [1.29, 1.82) is 0 Å². The summed E-state index contributed by atoms with van der Waals surface area (Å²) < 4.78 is 0. The predicted molar refractivity (Wildman–Crippen MR) is 131 cm³/mol. The molecule has 1 heteroatoms. The lowest BCUT2D eigenvalue weighted by Crippen LogP contribution is -2.62. The molecule has 0 aromatic carbocycles. The molecule has 0 radical (unpaired) electrons. The fraction of sp³-hybridized carbons (Fsp3) is 0.933. The molecule has 5 aliphatic carbocycles. The van der Waals surface area contributed by atoms with Gasteiger partial charge in [0.1, 0.15) is 0 Å². The first-order valence-electron chi connectivity index (χ1n) is 13.7. The molecule has 176 valence electrons. The molecule has 0 heterocycles. The molecular weight excluding hydrogens is 376 g/mol. The monoisotopic (exact) mass is 426 g/mol. The third kappa shape index (κ3) is 2.71. The number of hydrogen-bond acceptors (Lipinski definition) is 1. The Balaban J connectivity index is 1.57. The number of rotatable bonds is 1. The average molecular weight is 427 g/mol. The molecule has 0 unspecified atom stereocenters. The van der Waals surface area contributed by atoms with E-state index < -0.39 is 0 Å². The summed E-state index contributed by atoms with van der Waals surface area (Å²) in [4.78, 5) is 0. The lowest BCUT2D eigenvalue weighted by atomic mass is 9.35. The van der Waals surface area contributed by atoms with E-state index in [1.54, 1.807) is 0 Å². The Hall–Kier alpha value is -0.300. The molecule has 5 rings (SSSR count). The van der Waals surface area contributed by atoms with Crippen LogP contribution in [0, 0.1) is 56.7 Å². The van der Waals surface area contributed by atoms with Crippen molar-refractivity contribution in [2.45, 2.75) is 119 Å². The van der Waals surface area contributed by atoms with Gasteiger partial charge in [-0.25, -0.2) is 0 Å². The zero-order valence-corrected chi connectivity index (χ0v) is 21.9. The van der Waals surface area contributed by atoms with Crippen molar-refractivity contribution >= 4 is 0 Å². The second-order valence-corrected chi connectivity index (χ2v) is 14.8. The van der Waals surface area contributed by atoms with Gasteiger partial charge >= 0.3 is 0 Å². The van der Waals surface area contributed by atoms with Crippen LogP contribution in [0.5, 0.6) is 0 Å². The van der Waals surface area contributed by atoms with Gasteiger partial charge in [-0.2, -0.15) is 0 Å². The second kappa shape index (κ2) is 6.64. The van der Waals surface area contributed by atoms with Crippen molar-refractivity contribution < 1.29 is 5.11 Å². The molecule has 5 aliphatic rings. The van der Waals surface area contributed by atoms with Gasteiger partial charge in [-0.05, 0) is 114 Å². The Bertz CT molecular complexity index is 777. The van der Waals surface area contributed by atoms with Gasteiger partial charge in [0, 0.05) is 0 Å².